The molecule has 156 valence electrons. The Morgan fingerprint density at radius 1 is 1.31 bits per heavy atom. The molecular formula is C22H28N2O4S. The number of nitrogens with one attached hydrogen (secondary N) is 1. The Morgan fingerprint density at radius 3 is 2.79 bits per heavy atom. The van der Waals surface area contributed by atoms with Gasteiger partial charge in [0.05, 0.1) is 13.2 Å². The summed E-state index contributed by atoms with van der Waals surface area (Å²) in [7, 11) is 1.49. The summed E-state index contributed by atoms with van der Waals surface area (Å²) in [4.78, 5) is 27.4. The summed E-state index contributed by atoms with van der Waals surface area (Å²) in [6.07, 6.45) is 0.383. The standard InChI is InChI=1S/C22H28N2O4S/c1-16(2)23-21(26)22(15-24(9-10-28-22)20(25)13-27-3)12-17-6-4-5-7-19(17)18-8-11-29-14-18/h4-8,11,14,16H,9-10,12-13,15H2,1-3H3,(H,23,26)/t22-/m0/s1. The summed E-state index contributed by atoms with van der Waals surface area (Å²) in [5, 5.41) is 7.12. The first-order chi connectivity index (χ1) is 13.9. The van der Waals surface area contributed by atoms with Gasteiger partial charge in [0, 0.05) is 26.1 Å². The smallest absolute Gasteiger partial charge is 0.254 e. The SMILES string of the molecule is COCC(=O)N1CCO[C@](Cc2ccccc2-c2ccsc2)(C(=O)NC(C)C)C1. The van der Waals surface area contributed by atoms with Crippen LogP contribution in [0.15, 0.2) is 41.1 Å². The van der Waals surface area contributed by atoms with Gasteiger partial charge in [-0.2, -0.15) is 11.3 Å². The molecule has 0 bridgehead atoms. The molecular weight excluding hydrogens is 388 g/mol. The van der Waals surface area contributed by atoms with Gasteiger partial charge in [-0.15, -0.1) is 0 Å². The average Bonchev–Trinajstić information content (AvgIpc) is 3.23. The number of ether oxygens (including phenoxy) is 2. The minimum atomic E-state index is -1.14. The molecule has 0 aliphatic carbocycles. The van der Waals surface area contributed by atoms with Crippen LogP contribution in [-0.2, 0) is 25.5 Å². The Kier molecular flexibility index (Phi) is 7.05. The third-order valence-electron chi connectivity index (χ3n) is 4.97. The molecule has 1 atom stereocenters. The Labute approximate surface area is 175 Å². The summed E-state index contributed by atoms with van der Waals surface area (Å²) >= 11 is 1.64. The second kappa shape index (κ2) is 9.52. The molecule has 0 radical (unpaired) electrons. The lowest BCUT2D eigenvalue weighted by atomic mass is 9.87. The van der Waals surface area contributed by atoms with Gasteiger partial charge in [-0.1, -0.05) is 24.3 Å². The van der Waals surface area contributed by atoms with Crippen molar-refractivity contribution >= 4 is 23.2 Å². The highest BCUT2D eigenvalue weighted by atomic mass is 32.1. The molecule has 1 N–H and O–H groups in total. The molecule has 2 amide bonds. The molecule has 29 heavy (non-hydrogen) atoms. The van der Waals surface area contributed by atoms with E-state index in [0.29, 0.717) is 19.6 Å². The van der Waals surface area contributed by atoms with Crippen molar-refractivity contribution in [1.82, 2.24) is 10.2 Å². The fraction of sp³-hybridized carbons (Fsp3) is 0.455. The molecule has 0 saturated carbocycles. The van der Waals surface area contributed by atoms with Crippen LogP contribution >= 0.6 is 11.3 Å². The van der Waals surface area contributed by atoms with E-state index in [4.69, 9.17) is 9.47 Å². The maximum atomic E-state index is 13.3. The van der Waals surface area contributed by atoms with Gasteiger partial charge in [-0.05, 0) is 47.4 Å². The minimum absolute atomic E-state index is 0.00658. The molecule has 2 aromatic rings. The van der Waals surface area contributed by atoms with Gasteiger partial charge in [-0.25, -0.2) is 0 Å². The van der Waals surface area contributed by atoms with Gasteiger partial charge in [0.25, 0.3) is 5.91 Å². The van der Waals surface area contributed by atoms with Crippen molar-refractivity contribution in [3.8, 4) is 11.1 Å². The summed E-state index contributed by atoms with van der Waals surface area (Å²) in [6, 6.07) is 10.1. The molecule has 1 aliphatic heterocycles. The lowest BCUT2D eigenvalue weighted by Gasteiger charge is -2.42. The summed E-state index contributed by atoms with van der Waals surface area (Å²) in [5.41, 5.74) is 2.08. The fourth-order valence-corrected chi connectivity index (χ4v) is 4.27. The van der Waals surface area contributed by atoms with Gasteiger partial charge in [-0.3, -0.25) is 9.59 Å². The molecule has 0 unspecified atom stereocenters. The zero-order valence-electron chi connectivity index (χ0n) is 17.1. The monoisotopic (exact) mass is 416 g/mol. The first-order valence-corrected chi connectivity index (χ1v) is 10.7. The van der Waals surface area contributed by atoms with Crippen LogP contribution < -0.4 is 5.32 Å². The quantitative estimate of drug-likeness (QED) is 0.754. The first kappa shape index (κ1) is 21.5. The lowest BCUT2D eigenvalue weighted by Crippen LogP contribution is -2.63. The number of thiophene rings is 1. The Bertz CT molecular complexity index is 837. The third kappa shape index (κ3) is 5.04. The van der Waals surface area contributed by atoms with E-state index in [1.165, 1.54) is 7.11 Å². The van der Waals surface area contributed by atoms with Crippen LogP contribution in [0.25, 0.3) is 11.1 Å². The Morgan fingerprint density at radius 2 is 2.10 bits per heavy atom. The third-order valence-corrected chi connectivity index (χ3v) is 5.65. The van der Waals surface area contributed by atoms with Gasteiger partial charge in [0.2, 0.25) is 5.91 Å². The van der Waals surface area contributed by atoms with Gasteiger partial charge >= 0.3 is 0 Å². The molecule has 0 spiro atoms. The molecule has 1 saturated heterocycles. The predicted molar refractivity (Wildman–Crippen MR) is 114 cm³/mol. The zero-order chi connectivity index (χ0) is 20.9. The van der Waals surface area contributed by atoms with Crippen molar-refractivity contribution in [2.75, 3.05) is 33.4 Å². The lowest BCUT2D eigenvalue weighted by molar-refractivity contribution is -0.167. The summed E-state index contributed by atoms with van der Waals surface area (Å²) < 4.78 is 11.1. The molecule has 1 aromatic heterocycles. The number of benzene rings is 1. The van der Waals surface area contributed by atoms with E-state index in [9.17, 15) is 9.59 Å². The second-order valence-electron chi connectivity index (χ2n) is 7.57. The van der Waals surface area contributed by atoms with E-state index >= 15 is 0 Å². The number of carbonyl (C=O) groups excluding carboxylic acids is 2. The van der Waals surface area contributed by atoms with E-state index < -0.39 is 5.60 Å². The molecule has 1 aliphatic rings. The largest absolute Gasteiger partial charge is 0.375 e. The molecule has 3 rings (SSSR count). The van der Waals surface area contributed by atoms with Crippen molar-refractivity contribution in [3.05, 3.63) is 46.7 Å². The van der Waals surface area contributed by atoms with E-state index in [1.54, 1.807) is 16.2 Å². The normalized spacial score (nSPS) is 19.4. The highest BCUT2D eigenvalue weighted by molar-refractivity contribution is 7.08. The van der Waals surface area contributed by atoms with E-state index in [-0.39, 0.29) is 31.0 Å². The molecule has 1 aromatic carbocycles. The Balaban J connectivity index is 1.95. The number of carbonyl (C=O) groups is 2. The number of hydrogen-bond donors (Lipinski definition) is 1. The number of hydrogen-bond acceptors (Lipinski definition) is 5. The second-order valence-corrected chi connectivity index (χ2v) is 8.35. The maximum absolute atomic E-state index is 13.3. The predicted octanol–water partition coefficient (Wildman–Crippen LogP) is 2.73. The fourth-order valence-electron chi connectivity index (χ4n) is 3.61. The van der Waals surface area contributed by atoms with Crippen molar-refractivity contribution in [3.63, 3.8) is 0 Å². The van der Waals surface area contributed by atoms with Crippen molar-refractivity contribution in [2.45, 2.75) is 31.9 Å². The number of rotatable bonds is 7. The molecule has 1 fully saturated rings. The van der Waals surface area contributed by atoms with E-state index in [0.717, 1.165) is 16.7 Å². The van der Waals surface area contributed by atoms with Crippen LogP contribution in [-0.4, -0.2) is 61.8 Å². The zero-order valence-corrected chi connectivity index (χ0v) is 18.0. The van der Waals surface area contributed by atoms with Crippen LogP contribution in [0.2, 0.25) is 0 Å². The van der Waals surface area contributed by atoms with Crippen molar-refractivity contribution < 1.29 is 19.1 Å². The molecule has 7 heteroatoms. The Hall–Kier alpha value is -2.22. The van der Waals surface area contributed by atoms with Gasteiger partial charge < -0.3 is 19.7 Å². The number of nitrogens with zero attached hydrogens (tertiary/aromatic N) is 1. The highest BCUT2D eigenvalue weighted by Crippen LogP contribution is 2.31. The topological polar surface area (TPSA) is 67.9 Å². The van der Waals surface area contributed by atoms with Gasteiger partial charge in [0.1, 0.15) is 6.61 Å². The molecule has 2 heterocycles. The number of morpholine rings is 1. The summed E-state index contributed by atoms with van der Waals surface area (Å²) in [5.74, 6) is -0.328. The average molecular weight is 417 g/mol. The van der Waals surface area contributed by atoms with E-state index in [2.05, 4.69) is 22.8 Å². The minimum Gasteiger partial charge on any atom is -0.375 e. The van der Waals surface area contributed by atoms with E-state index in [1.807, 2.05) is 37.4 Å². The number of methoxy groups -OCH3 is 1. The molecule has 6 nitrogen and oxygen atoms in total. The van der Waals surface area contributed by atoms with Crippen LogP contribution in [0.1, 0.15) is 19.4 Å². The highest BCUT2D eigenvalue weighted by Gasteiger charge is 2.45. The van der Waals surface area contributed by atoms with Crippen molar-refractivity contribution in [2.24, 2.45) is 0 Å². The van der Waals surface area contributed by atoms with Gasteiger partial charge in [0.15, 0.2) is 5.60 Å². The van der Waals surface area contributed by atoms with Crippen LogP contribution in [0, 0.1) is 0 Å². The van der Waals surface area contributed by atoms with Crippen LogP contribution in [0.3, 0.4) is 0 Å². The maximum Gasteiger partial charge on any atom is 0.254 e. The number of amides is 2. The van der Waals surface area contributed by atoms with Crippen LogP contribution in [0.4, 0.5) is 0 Å². The van der Waals surface area contributed by atoms with Crippen LogP contribution in [0.5, 0.6) is 0 Å². The van der Waals surface area contributed by atoms with Crippen molar-refractivity contribution in [1.29, 1.82) is 0 Å². The summed E-state index contributed by atoms with van der Waals surface area (Å²) in [6.45, 7) is 4.79. The first-order valence-electron chi connectivity index (χ1n) is 9.77.